The number of fused-ring (bicyclic) bond motifs is 1. The molecule has 0 saturated carbocycles. The summed E-state index contributed by atoms with van der Waals surface area (Å²) in [6.07, 6.45) is -1.36. The Morgan fingerprint density at radius 3 is 2.31 bits per heavy atom. The van der Waals surface area contributed by atoms with Gasteiger partial charge in [0.2, 0.25) is 5.91 Å². The lowest BCUT2D eigenvalue weighted by molar-refractivity contribution is -0.197. The first-order valence-corrected chi connectivity index (χ1v) is 12.6. The SMILES string of the molecule is CC(=O)N1Cc2cc(S(C)(=O)=O)ccc2C1C(=O)Nc1ccc(C(C)(n2ccnn2)C(F)(F)F)cc1. The number of anilines is 1. The van der Waals surface area contributed by atoms with Crippen LogP contribution in [0.15, 0.2) is 59.8 Å². The van der Waals surface area contributed by atoms with Gasteiger partial charge in [-0.05, 0) is 47.9 Å². The van der Waals surface area contributed by atoms with Gasteiger partial charge in [0.1, 0.15) is 6.04 Å². The third kappa shape index (κ3) is 4.34. The Bertz CT molecular complexity index is 1420. The Hall–Kier alpha value is -3.74. The fourth-order valence-electron chi connectivity index (χ4n) is 4.20. The molecule has 0 aliphatic carbocycles. The second-order valence-electron chi connectivity index (χ2n) is 8.67. The molecule has 2 aromatic carbocycles. The maximum absolute atomic E-state index is 14.0. The van der Waals surface area contributed by atoms with Crippen LogP contribution >= 0.6 is 0 Å². The number of halogens is 3. The van der Waals surface area contributed by atoms with Gasteiger partial charge in [0, 0.05) is 31.6 Å². The molecule has 2 atom stereocenters. The molecule has 9 nitrogen and oxygen atoms in total. The summed E-state index contributed by atoms with van der Waals surface area (Å²) < 4.78 is 66.5. The first-order valence-electron chi connectivity index (χ1n) is 10.7. The lowest BCUT2D eigenvalue weighted by Gasteiger charge is -2.32. The van der Waals surface area contributed by atoms with Crippen LogP contribution in [0.5, 0.6) is 0 Å². The van der Waals surface area contributed by atoms with E-state index in [1.165, 1.54) is 54.3 Å². The van der Waals surface area contributed by atoms with Crippen LogP contribution in [0.4, 0.5) is 18.9 Å². The van der Waals surface area contributed by atoms with Crippen molar-refractivity contribution in [1.82, 2.24) is 19.9 Å². The summed E-state index contributed by atoms with van der Waals surface area (Å²) in [6.45, 7) is 2.31. The van der Waals surface area contributed by atoms with Gasteiger partial charge in [-0.15, -0.1) is 5.10 Å². The number of alkyl halides is 3. The van der Waals surface area contributed by atoms with Gasteiger partial charge in [-0.25, -0.2) is 13.1 Å². The van der Waals surface area contributed by atoms with Crippen molar-refractivity contribution in [3.63, 3.8) is 0 Å². The minimum atomic E-state index is -4.69. The summed E-state index contributed by atoms with van der Waals surface area (Å²) in [6, 6.07) is 8.39. The predicted octanol–water partition coefficient (Wildman–Crippen LogP) is 3.05. The van der Waals surface area contributed by atoms with E-state index < -0.39 is 39.4 Å². The summed E-state index contributed by atoms with van der Waals surface area (Å²) in [7, 11) is -3.49. The molecule has 4 rings (SSSR count). The van der Waals surface area contributed by atoms with Crippen LogP contribution in [0.2, 0.25) is 0 Å². The molecule has 0 saturated heterocycles. The van der Waals surface area contributed by atoms with E-state index >= 15 is 0 Å². The van der Waals surface area contributed by atoms with Crippen LogP contribution in [0.3, 0.4) is 0 Å². The first-order chi connectivity index (χ1) is 16.7. The van der Waals surface area contributed by atoms with Crippen LogP contribution < -0.4 is 5.32 Å². The van der Waals surface area contributed by atoms with E-state index in [1.54, 1.807) is 0 Å². The number of nitrogens with one attached hydrogen (secondary N) is 1. The van der Waals surface area contributed by atoms with Gasteiger partial charge in [-0.2, -0.15) is 13.2 Å². The van der Waals surface area contributed by atoms with Gasteiger partial charge in [0.05, 0.1) is 11.1 Å². The van der Waals surface area contributed by atoms with E-state index in [1.807, 2.05) is 0 Å². The van der Waals surface area contributed by atoms with E-state index in [2.05, 4.69) is 15.6 Å². The summed E-state index contributed by atoms with van der Waals surface area (Å²) in [5.41, 5.74) is -1.39. The Kier molecular flexibility index (Phi) is 6.15. The van der Waals surface area contributed by atoms with Gasteiger partial charge in [0.25, 0.3) is 5.91 Å². The molecule has 0 bridgehead atoms. The standard InChI is InChI=1S/C23H22F3N5O4S/c1-14(32)30-13-15-12-18(36(3,34)35)8-9-19(15)20(30)21(33)28-17-6-4-16(5-7-17)22(2,23(24,25)26)31-11-10-27-29-31/h4-12,20H,13H2,1-3H3,(H,28,33). The zero-order valence-corrected chi connectivity index (χ0v) is 20.3. The van der Waals surface area contributed by atoms with Gasteiger partial charge >= 0.3 is 6.18 Å². The number of hydrogen-bond donors (Lipinski definition) is 1. The van der Waals surface area contributed by atoms with Crippen LogP contribution in [0.1, 0.15) is 36.6 Å². The average molecular weight is 522 g/mol. The zero-order chi connectivity index (χ0) is 26.5. The predicted molar refractivity (Wildman–Crippen MR) is 122 cm³/mol. The molecule has 2 amide bonds. The smallest absolute Gasteiger partial charge is 0.324 e. The second kappa shape index (κ2) is 8.73. The summed E-state index contributed by atoms with van der Waals surface area (Å²) in [5, 5.41) is 9.64. The molecule has 1 N–H and O–H groups in total. The maximum atomic E-state index is 14.0. The molecule has 1 aliphatic rings. The molecule has 36 heavy (non-hydrogen) atoms. The van der Waals surface area contributed by atoms with Crippen molar-refractivity contribution in [3.8, 4) is 0 Å². The molecule has 13 heteroatoms. The monoisotopic (exact) mass is 521 g/mol. The molecular weight excluding hydrogens is 499 g/mol. The molecule has 1 aliphatic heterocycles. The van der Waals surface area contributed by atoms with E-state index in [-0.39, 0.29) is 22.7 Å². The van der Waals surface area contributed by atoms with Crippen LogP contribution in [-0.2, 0) is 31.5 Å². The third-order valence-electron chi connectivity index (χ3n) is 6.29. The minimum absolute atomic E-state index is 0.0485. The fourth-order valence-corrected chi connectivity index (χ4v) is 4.87. The Balaban J connectivity index is 1.62. The van der Waals surface area contributed by atoms with Crippen molar-refractivity contribution in [2.45, 2.75) is 43.0 Å². The molecule has 0 spiro atoms. The summed E-state index contributed by atoms with van der Waals surface area (Å²) >= 11 is 0. The van der Waals surface area contributed by atoms with Gasteiger partial charge < -0.3 is 10.2 Å². The molecule has 0 fully saturated rings. The molecule has 3 aromatic rings. The van der Waals surface area contributed by atoms with E-state index in [4.69, 9.17) is 0 Å². The molecule has 2 heterocycles. The van der Waals surface area contributed by atoms with E-state index in [0.29, 0.717) is 15.8 Å². The lowest BCUT2D eigenvalue weighted by Crippen LogP contribution is -2.46. The quantitative estimate of drug-likeness (QED) is 0.552. The number of sulfone groups is 1. The number of aromatic nitrogens is 3. The summed E-state index contributed by atoms with van der Waals surface area (Å²) in [5.74, 6) is -0.977. The van der Waals surface area contributed by atoms with Crippen molar-refractivity contribution in [1.29, 1.82) is 0 Å². The highest BCUT2D eigenvalue weighted by atomic mass is 32.2. The van der Waals surface area contributed by atoms with Gasteiger partial charge in [-0.1, -0.05) is 23.4 Å². The fraction of sp³-hybridized carbons (Fsp3) is 0.304. The second-order valence-corrected chi connectivity index (χ2v) is 10.7. The molecule has 2 unspecified atom stereocenters. The number of carbonyl (C=O) groups excluding carboxylic acids is 2. The van der Waals surface area contributed by atoms with Crippen molar-refractivity contribution in [3.05, 3.63) is 71.5 Å². The minimum Gasteiger partial charge on any atom is -0.324 e. The summed E-state index contributed by atoms with van der Waals surface area (Å²) in [4.78, 5) is 26.8. The Morgan fingerprint density at radius 2 is 1.78 bits per heavy atom. The van der Waals surface area contributed by atoms with Crippen molar-refractivity contribution < 1.29 is 31.2 Å². The first kappa shape index (κ1) is 25.4. The molecular formula is C23H22F3N5O4S. The van der Waals surface area contributed by atoms with E-state index in [9.17, 15) is 31.2 Å². The Morgan fingerprint density at radius 1 is 1.11 bits per heavy atom. The van der Waals surface area contributed by atoms with Gasteiger partial charge in [-0.3, -0.25) is 9.59 Å². The topological polar surface area (TPSA) is 114 Å². The molecule has 190 valence electrons. The third-order valence-corrected chi connectivity index (χ3v) is 7.40. The number of hydrogen-bond acceptors (Lipinski definition) is 6. The Labute approximate surface area is 204 Å². The highest BCUT2D eigenvalue weighted by molar-refractivity contribution is 7.90. The number of rotatable bonds is 5. The normalized spacial score (nSPS) is 17.4. The highest BCUT2D eigenvalue weighted by Gasteiger charge is 2.54. The van der Waals surface area contributed by atoms with Crippen LogP contribution in [0.25, 0.3) is 0 Å². The molecule has 0 radical (unpaired) electrons. The van der Waals surface area contributed by atoms with Crippen LogP contribution in [0, 0.1) is 0 Å². The number of nitrogens with zero attached hydrogens (tertiary/aromatic N) is 4. The number of carbonyl (C=O) groups is 2. The van der Waals surface area contributed by atoms with Crippen molar-refractivity contribution in [2.24, 2.45) is 0 Å². The van der Waals surface area contributed by atoms with Crippen LogP contribution in [-0.4, -0.2) is 52.6 Å². The average Bonchev–Trinajstić information content (AvgIpc) is 3.45. The molecule has 1 aromatic heterocycles. The number of benzene rings is 2. The maximum Gasteiger partial charge on any atom is 0.417 e. The number of amides is 2. The highest BCUT2D eigenvalue weighted by Crippen LogP contribution is 2.42. The van der Waals surface area contributed by atoms with Crippen molar-refractivity contribution in [2.75, 3.05) is 11.6 Å². The largest absolute Gasteiger partial charge is 0.417 e. The van der Waals surface area contributed by atoms with Crippen molar-refractivity contribution >= 4 is 27.3 Å². The van der Waals surface area contributed by atoms with E-state index in [0.717, 1.165) is 25.6 Å². The zero-order valence-electron chi connectivity index (χ0n) is 19.4. The lowest BCUT2D eigenvalue weighted by atomic mass is 9.91. The van der Waals surface area contributed by atoms with Gasteiger partial charge in [0.15, 0.2) is 15.4 Å².